The highest BCUT2D eigenvalue weighted by Crippen LogP contribution is 2.30. The minimum Gasteiger partial charge on any atom is -0.294 e. The van der Waals surface area contributed by atoms with Gasteiger partial charge in [0.05, 0.1) is 11.0 Å². The maximum absolute atomic E-state index is 13.4. The number of benzene rings is 2. The van der Waals surface area contributed by atoms with Crippen LogP contribution in [0.25, 0.3) is 27.6 Å². The van der Waals surface area contributed by atoms with Crippen LogP contribution in [0.5, 0.6) is 0 Å². The molecule has 2 aromatic heterocycles. The molecule has 2 aromatic carbocycles. The van der Waals surface area contributed by atoms with E-state index in [1.165, 1.54) is 6.07 Å². The van der Waals surface area contributed by atoms with Crippen molar-refractivity contribution in [3.05, 3.63) is 72.7 Å². The van der Waals surface area contributed by atoms with Crippen LogP contribution in [0.2, 0.25) is 0 Å². The Kier molecular flexibility index (Phi) is 2.33. The summed E-state index contributed by atoms with van der Waals surface area (Å²) >= 11 is 0. The Balaban J connectivity index is 2.21. The van der Waals surface area contributed by atoms with Gasteiger partial charge in [0.1, 0.15) is 5.82 Å². The molecule has 2 heterocycles. The summed E-state index contributed by atoms with van der Waals surface area (Å²) in [5, 5.41) is 2.29. The van der Waals surface area contributed by atoms with Crippen molar-refractivity contribution in [1.29, 1.82) is 0 Å². The summed E-state index contributed by atoms with van der Waals surface area (Å²) < 4.78 is 15.4. The standard InChI is InChI=1S/C17H11FN2/c18-16-10-5-11-17(19-16)20-14-8-3-1-6-12(14)13-7-2-4-9-15(13)20/h1-11H. The number of pyridine rings is 1. The molecule has 0 radical (unpaired) electrons. The number of hydrogen-bond acceptors (Lipinski definition) is 1. The van der Waals surface area contributed by atoms with Crippen LogP contribution in [0.3, 0.4) is 0 Å². The number of rotatable bonds is 1. The Morgan fingerprint density at radius 3 is 1.90 bits per heavy atom. The summed E-state index contributed by atoms with van der Waals surface area (Å²) in [7, 11) is 0. The first kappa shape index (κ1) is 11.2. The van der Waals surface area contributed by atoms with Crippen molar-refractivity contribution in [3.63, 3.8) is 0 Å². The number of para-hydroxylation sites is 2. The Morgan fingerprint density at radius 2 is 1.30 bits per heavy atom. The van der Waals surface area contributed by atoms with E-state index in [2.05, 4.69) is 17.1 Å². The lowest BCUT2D eigenvalue weighted by Gasteiger charge is -2.06. The molecule has 0 bridgehead atoms. The number of aromatic nitrogens is 2. The van der Waals surface area contributed by atoms with Crippen LogP contribution in [0, 0.1) is 5.95 Å². The van der Waals surface area contributed by atoms with E-state index >= 15 is 0 Å². The summed E-state index contributed by atoms with van der Waals surface area (Å²) in [5.74, 6) is 0.131. The van der Waals surface area contributed by atoms with Gasteiger partial charge < -0.3 is 0 Å². The second-order valence-corrected chi connectivity index (χ2v) is 4.69. The van der Waals surface area contributed by atoms with Crippen LogP contribution in [0.1, 0.15) is 0 Å². The van der Waals surface area contributed by atoms with Gasteiger partial charge in [-0.3, -0.25) is 4.57 Å². The molecule has 0 aliphatic heterocycles. The van der Waals surface area contributed by atoms with Gasteiger partial charge in [0, 0.05) is 10.8 Å². The van der Waals surface area contributed by atoms with Crippen molar-refractivity contribution in [2.24, 2.45) is 0 Å². The van der Waals surface area contributed by atoms with Crippen LogP contribution in [-0.2, 0) is 0 Å². The lowest BCUT2D eigenvalue weighted by Crippen LogP contribution is -1.98. The molecule has 0 saturated carbocycles. The molecule has 2 nitrogen and oxygen atoms in total. The SMILES string of the molecule is Fc1cccc(-n2c3ccccc3c3ccccc32)n1. The van der Waals surface area contributed by atoms with Gasteiger partial charge >= 0.3 is 0 Å². The molecule has 4 aromatic rings. The van der Waals surface area contributed by atoms with Gasteiger partial charge in [-0.15, -0.1) is 0 Å². The van der Waals surface area contributed by atoms with Gasteiger partial charge in [0.2, 0.25) is 5.95 Å². The molecule has 0 unspecified atom stereocenters. The zero-order chi connectivity index (χ0) is 13.5. The lowest BCUT2D eigenvalue weighted by molar-refractivity contribution is 0.581. The highest BCUT2D eigenvalue weighted by molar-refractivity contribution is 6.08. The molecule has 0 spiro atoms. The minimum atomic E-state index is -0.468. The third-order valence-electron chi connectivity index (χ3n) is 3.51. The van der Waals surface area contributed by atoms with E-state index in [-0.39, 0.29) is 0 Å². The van der Waals surface area contributed by atoms with Gasteiger partial charge in [-0.1, -0.05) is 42.5 Å². The molecule has 3 heteroatoms. The molecule has 0 aliphatic carbocycles. The number of fused-ring (bicyclic) bond motifs is 3. The average Bonchev–Trinajstić information content (AvgIpc) is 2.82. The number of hydrogen-bond donors (Lipinski definition) is 0. The Bertz CT molecular complexity index is 871. The number of nitrogens with zero attached hydrogens (tertiary/aromatic N) is 2. The summed E-state index contributed by atoms with van der Waals surface area (Å²) in [4.78, 5) is 4.01. The van der Waals surface area contributed by atoms with Crippen LogP contribution >= 0.6 is 0 Å². The van der Waals surface area contributed by atoms with Crippen LogP contribution < -0.4 is 0 Å². The van der Waals surface area contributed by atoms with Gasteiger partial charge in [0.25, 0.3) is 0 Å². The molecule has 20 heavy (non-hydrogen) atoms. The first-order valence-corrected chi connectivity index (χ1v) is 6.46. The minimum absolute atomic E-state index is 0.468. The van der Waals surface area contributed by atoms with E-state index in [0.29, 0.717) is 5.82 Å². The zero-order valence-electron chi connectivity index (χ0n) is 10.6. The molecule has 0 amide bonds. The van der Waals surface area contributed by atoms with E-state index in [4.69, 9.17) is 0 Å². The Hall–Kier alpha value is -2.68. The van der Waals surface area contributed by atoms with Crippen molar-refractivity contribution in [2.45, 2.75) is 0 Å². The summed E-state index contributed by atoms with van der Waals surface area (Å²) in [5.41, 5.74) is 2.07. The Morgan fingerprint density at radius 1 is 0.700 bits per heavy atom. The second kappa shape index (κ2) is 4.17. The van der Waals surface area contributed by atoms with Crippen molar-refractivity contribution >= 4 is 21.8 Å². The summed E-state index contributed by atoms with van der Waals surface area (Å²) in [6.07, 6.45) is 0. The van der Waals surface area contributed by atoms with Gasteiger partial charge in [-0.2, -0.15) is 4.39 Å². The first-order chi connectivity index (χ1) is 9.84. The van der Waals surface area contributed by atoms with Gasteiger partial charge in [-0.05, 0) is 24.3 Å². The molecule has 0 atom stereocenters. The van der Waals surface area contributed by atoms with Gasteiger partial charge in [-0.25, -0.2) is 4.98 Å². The smallest absolute Gasteiger partial charge is 0.214 e. The third-order valence-corrected chi connectivity index (χ3v) is 3.51. The third kappa shape index (κ3) is 1.53. The topological polar surface area (TPSA) is 17.8 Å². The molecule has 0 saturated heterocycles. The molecule has 0 N–H and O–H groups in total. The molecular formula is C17H11FN2. The maximum Gasteiger partial charge on any atom is 0.214 e. The zero-order valence-corrected chi connectivity index (χ0v) is 10.6. The Labute approximate surface area is 115 Å². The van der Waals surface area contributed by atoms with Crippen molar-refractivity contribution in [2.75, 3.05) is 0 Å². The van der Waals surface area contributed by atoms with E-state index in [0.717, 1.165) is 21.8 Å². The number of halogens is 1. The second-order valence-electron chi connectivity index (χ2n) is 4.69. The normalized spacial score (nSPS) is 11.2. The lowest BCUT2D eigenvalue weighted by atomic mass is 10.2. The largest absolute Gasteiger partial charge is 0.294 e. The first-order valence-electron chi connectivity index (χ1n) is 6.46. The van der Waals surface area contributed by atoms with Crippen LogP contribution in [0.4, 0.5) is 4.39 Å². The summed E-state index contributed by atoms with van der Waals surface area (Å²) in [6.45, 7) is 0. The van der Waals surface area contributed by atoms with Crippen LogP contribution in [0.15, 0.2) is 66.7 Å². The highest BCUT2D eigenvalue weighted by atomic mass is 19.1. The quantitative estimate of drug-likeness (QED) is 0.467. The monoisotopic (exact) mass is 262 g/mol. The predicted octanol–water partition coefficient (Wildman–Crippen LogP) is 4.32. The van der Waals surface area contributed by atoms with E-state index < -0.39 is 5.95 Å². The highest BCUT2D eigenvalue weighted by Gasteiger charge is 2.11. The van der Waals surface area contributed by atoms with E-state index in [9.17, 15) is 4.39 Å². The average molecular weight is 262 g/mol. The fourth-order valence-corrected chi connectivity index (χ4v) is 2.69. The van der Waals surface area contributed by atoms with Crippen LogP contribution in [-0.4, -0.2) is 9.55 Å². The van der Waals surface area contributed by atoms with Crippen molar-refractivity contribution in [3.8, 4) is 5.82 Å². The van der Waals surface area contributed by atoms with Crippen molar-refractivity contribution in [1.82, 2.24) is 9.55 Å². The van der Waals surface area contributed by atoms with E-state index in [1.54, 1.807) is 6.07 Å². The fraction of sp³-hybridized carbons (Fsp3) is 0. The molecule has 0 fully saturated rings. The van der Waals surface area contributed by atoms with Crippen molar-refractivity contribution < 1.29 is 4.39 Å². The van der Waals surface area contributed by atoms with E-state index in [1.807, 2.05) is 47.0 Å². The predicted molar refractivity (Wildman–Crippen MR) is 78.5 cm³/mol. The van der Waals surface area contributed by atoms with Gasteiger partial charge in [0.15, 0.2) is 0 Å². The molecule has 0 aliphatic rings. The summed E-state index contributed by atoms with van der Waals surface area (Å²) in [6, 6.07) is 21.1. The molecular weight excluding hydrogens is 251 g/mol. The fourth-order valence-electron chi connectivity index (χ4n) is 2.69. The maximum atomic E-state index is 13.4. The molecule has 4 rings (SSSR count). The molecule has 96 valence electrons.